The minimum absolute atomic E-state index is 0.150. The zero-order chi connectivity index (χ0) is 19.3. The van der Waals surface area contributed by atoms with Gasteiger partial charge in [0.2, 0.25) is 5.91 Å². The summed E-state index contributed by atoms with van der Waals surface area (Å²) in [5, 5.41) is 0. The van der Waals surface area contributed by atoms with Crippen LogP contribution in [0.4, 0.5) is 0 Å². The van der Waals surface area contributed by atoms with Crippen molar-refractivity contribution in [1.82, 2.24) is 4.90 Å². The van der Waals surface area contributed by atoms with Crippen molar-refractivity contribution in [3.8, 4) is 0 Å². The molecular formula is C22H31NO3S. The number of carbonyl (C=O) groups is 2. The first kappa shape index (κ1) is 21.5. The van der Waals surface area contributed by atoms with Crippen LogP contribution < -0.4 is 0 Å². The topological polar surface area (TPSA) is 46.6 Å². The van der Waals surface area contributed by atoms with Crippen molar-refractivity contribution in [1.29, 1.82) is 0 Å². The normalized spacial score (nSPS) is 17.4. The van der Waals surface area contributed by atoms with Gasteiger partial charge in [-0.1, -0.05) is 42.5 Å². The second-order valence-electron chi connectivity index (χ2n) is 6.79. The molecule has 1 heterocycles. The fraction of sp³-hybridized carbons (Fsp3) is 0.545. The molecule has 2 rings (SSSR count). The van der Waals surface area contributed by atoms with E-state index in [1.165, 1.54) is 12.7 Å². The molecule has 5 heteroatoms. The number of carbonyl (C=O) groups excluding carboxylic acids is 2. The lowest BCUT2D eigenvalue weighted by molar-refractivity contribution is -0.140. The van der Waals surface area contributed by atoms with E-state index in [-0.39, 0.29) is 17.9 Å². The number of thioether (sulfide) groups is 1. The molecule has 0 bridgehead atoms. The standard InChI is InChI=1S/C22H31NO3S/c1-26-22(25)15-8-17-27-18-16-23-20(13-7-14-21(23)24)12-6-5-11-19-9-3-2-4-10-19/h2-4,6,9-10,12,20H,5,7-8,11,13-18H2,1H3/b12-6+/t20-/m0/s1. The molecule has 1 aliphatic rings. The van der Waals surface area contributed by atoms with Gasteiger partial charge >= 0.3 is 5.97 Å². The van der Waals surface area contributed by atoms with Gasteiger partial charge in [0.1, 0.15) is 0 Å². The highest BCUT2D eigenvalue weighted by Crippen LogP contribution is 2.20. The Morgan fingerprint density at radius 2 is 2.11 bits per heavy atom. The second-order valence-corrected chi connectivity index (χ2v) is 8.02. The summed E-state index contributed by atoms with van der Waals surface area (Å²) in [6.07, 6.45) is 10.5. The summed E-state index contributed by atoms with van der Waals surface area (Å²) in [7, 11) is 1.42. The zero-order valence-corrected chi connectivity index (χ0v) is 17.1. The first-order valence-corrected chi connectivity index (χ1v) is 11.0. The van der Waals surface area contributed by atoms with Gasteiger partial charge in [0.25, 0.3) is 0 Å². The second kappa shape index (κ2) is 12.6. The number of esters is 1. The van der Waals surface area contributed by atoms with E-state index < -0.39 is 0 Å². The van der Waals surface area contributed by atoms with Crippen LogP contribution in [0.3, 0.4) is 0 Å². The number of benzene rings is 1. The minimum atomic E-state index is -0.150. The van der Waals surface area contributed by atoms with Crippen molar-refractivity contribution < 1.29 is 14.3 Å². The van der Waals surface area contributed by atoms with E-state index in [0.717, 1.165) is 50.2 Å². The third-order valence-electron chi connectivity index (χ3n) is 4.79. The Balaban J connectivity index is 1.70. The number of allylic oxidation sites excluding steroid dienone is 1. The maximum atomic E-state index is 12.3. The van der Waals surface area contributed by atoms with Crippen molar-refractivity contribution >= 4 is 23.6 Å². The molecule has 1 aromatic carbocycles. The number of amides is 1. The summed E-state index contributed by atoms with van der Waals surface area (Å²) in [5.74, 6) is 1.97. The lowest BCUT2D eigenvalue weighted by Crippen LogP contribution is -2.43. The average molecular weight is 390 g/mol. The van der Waals surface area contributed by atoms with Crippen LogP contribution in [0.1, 0.15) is 44.1 Å². The van der Waals surface area contributed by atoms with E-state index in [0.29, 0.717) is 12.8 Å². The number of nitrogens with zero attached hydrogens (tertiary/aromatic N) is 1. The Morgan fingerprint density at radius 3 is 2.89 bits per heavy atom. The van der Waals surface area contributed by atoms with Gasteiger partial charge in [-0.25, -0.2) is 0 Å². The number of rotatable bonds is 11. The average Bonchev–Trinajstić information content (AvgIpc) is 2.70. The fourth-order valence-corrected chi connectivity index (χ4v) is 4.15. The van der Waals surface area contributed by atoms with Crippen LogP contribution in [-0.2, 0) is 20.7 Å². The summed E-state index contributed by atoms with van der Waals surface area (Å²) < 4.78 is 4.65. The first-order chi connectivity index (χ1) is 13.2. The monoisotopic (exact) mass is 389 g/mol. The molecule has 1 fully saturated rings. The molecule has 0 aliphatic carbocycles. The highest BCUT2D eigenvalue weighted by atomic mass is 32.2. The third kappa shape index (κ3) is 8.21. The molecule has 1 aliphatic heterocycles. The van der Waals surface area contributed by atoms with Crippen molar-refractivity contribution in [2.45, 2.75) is 51.0 Å². The maximum absolute atomic E-state index is 12.3. The number of aryl methyl sites for hydroxylation is 1. The van der Waals surface area contributed by atoms with Crippen LogP contribution in [0.2, 0.25) is 0 Å². The van der Waals surface area contributed by atoms with Gasteiger partial charge in [-0.3, -0.25) is 9.59 Å². The Labute approximate surface area is 167 Å². The summed E-state index contributed by atoms with van der Waals surface area (Å²) in [6, 6.07) is 10.7. The molecule has 0 spiro atoms. The van der Waals surface area contributed by atoms with Crippen molar-refractivity contribution in [2.24, 2.45) is 0 Å². The molecule has 1 aromatic rings. The minimum Gasteiger partial charge on any atom is -0.469 e. The number of piperidine rings is 1. The van der Waals surface area contributed by atoms with Crippen molar-refractivity contribution in [2.75, 3.05) is 25.2 Å². The molecular weight excluding hydrogens is 358 g/mol. The molecule has 0 radical (unpaired) electrons. The van der Waals surface area contributed by atoms with E-state index in [1.54, 1.807) is 11.8 Å². The molecule has 4 nitrogen and oxygen atoms in total. The van der Waals surface area contributed by atoms with E-state index >= 15 is 0 Å². The molecule has 27 heavy (non-hydrogen) atoms. The van der Waals surface area contributed by atoms with Crippen LogP contribution >= 0.6 is 11.8 Å². The van der Waals surface area contributed by atoms with Gasteiger partial charge in [-0.15, -0.1) is 0 Å². The van der Waals surface area contributed by atoms with Crippen LogP contribution in [0, 0.1) is 0 Å². The largest absolute Gasteiger partial charge is 0.469 e. The highest BCUT2D eigenvalue weighted by molar-refractivity contribution is 7.99. The summed E-state index contributed by atoms with van der Waals surface area (Å²) >= 11 is 1.80. The molecule has 0 N–H and O–H groups in total. The molecule has 148 valence electrons. The number of methoxy groups -OCH3 is 1. The number of ether oxygens (including phenoxy) is 1. The Hall–Kier alpha value is -1.75. The predicted octanol–water partition coefficient (Wildman–Crippen LogP) is 4.24. The van der Waals surface area contributed by atoms with Gasteiger partial charge in [-0.2, -0.15) is 11.8 Å². The molecule has 1 amide bonds. The van der Waals surface area contributed by atoms with Crippen LogP contribution in [0.15, 0.2) is 42.5 Å². The van der Waals surface area contributed by atoms with Crippen LogP contribution in [-0.4, -0.2) is 48.0 Å². The summed E-state index contributed by atoms with van der Waals surface area (Å²) in [4.78, 5) is 25.5. The number of hydrogen-bond acceptors (Lipinski definition) is 4. The van der Waals surface area contributed by atoms with Crippen molar-refractivity contribution in [3.63, 3.8) is 0 Å². The Kier molecular flexibility index (Phi) is 10.1. The third-order valence-corrected chi connectivity index (χ3v) is 5.83. The zero-order valence-electron chi connectivity index (χ0n) is 16.3. The van der Waals surface area contributed by atoms with Gasteiger partial charge in [0.15, 0.2) is 0 Å². The predicted molar refractivity (Wildman–Crippen MR) is 112 cm³/mol. The molecule has 0 saturated carbocycles. The first-order valence-electron chi connectivity index (χ1n) is 9.85. The van der Waals surface area contributed by atoms with Crippen LogP contribution in [0.5, 0.6) is 0 Å². The quantitative estimate of drug-likeness (QED) is 0.323. The molecule has 1 atom stereocenters. The lowest BCUT2D eigenvalue weighted by Gasteiger charge is -2.34. The summed E-state index contributed by atoms with van der Waals surface area (Å²) in [6.45, 7) is 0.787. The molecule has 0 unspecified atom stereocenters. The Bertz CT molecular complexity index is 603. The maximum Gasteiger partial charge on any atom is 0.305 e. The summed E-state index contributed by atoms with van der Waals surface area (Å²) in [5.41, 5.74) is 1.35. The Morgan fingerprint density at radius 1 is 1.30 bits per heavy atom. The van der Waals surface area contributed by atoms with Gasteiger partial charge in [0.05, 0.1) is 7.11 Å². The van der Waals surface area contributed by atoms with Crippen molar-refractivity contribution in [3.05, 3.63) is 48.0 Å². The lowest BCUT2D eigenvalue weighted by atomic mass is 10.0. The van der Waals surface area contributed by atoms with E-state index in [9.17, 15) is 9.59 Å². The SMILES string of the molecule is COC(=O)CCCSCCN1C(=O)CCC[C@@H]1/C=C/CCc1ccccc1. The van der Waals surface area contributed by atoms with E-state index in [1.807, 2.05) is 11.0 Å². The number of likely N-dealkylation sites (tertiary alicyclic amines) is 1. The van der Waals surface area contributed by atoms with E-state index in [2.05, 4.69) is 41.2 Å². The highest BCUT2D eigenvalue weighted by Gasteiger charge is 2.25. The molecule has 1 saturated heterocycles. The fourth-order valence-electron chi connectivity index (χ4n) is 3.27. The smallest absolute Gasteiger partial charge is 0.305 e. The van der Waals surface area contributed by atoms with Gasteiger partial charge in [-0.05, 0) is 43.4 Å². The van der Waals surface area contributed by atoms with E-state index in [4.69, 9.17) is 0 Å². The van der Waals surface area contributed by atoms with Gasteiger partial charge < -0.3 is 9.64 Å². The van der Waals surface area contributed by atoms with Crippen LogP contribution in [0.25, 0.3) is 0 Å². The number of hydrogen-bond donors (Lipinski definition) is 0. The molecule has 0 aromatic heterocycles. The van der Waals surface area contributed by atoms with Gasteiger partial charge in [0, 0.05) is 31.2 Å².